The smallest absolute Gasteiger partial charge is 0.333 e. The summed E-state index contributed by atoms with van der Waals surface area (Å²) in [5, 5.41) is 0. The Bertz CT molecular complexity index is 204. The summed E-state index contributed by atoms with van der Waals surface area (Å²) in [4.78, 5) is 21.3. The van der Waals surface area contributed by atoms with Gasteiger partial charge in [-0.3, -0.25) is 0 Å². The van der Waals surface area contributed by atoms with Crippen molar-refractivity contribution in [2.75, 3.05) is 7.11 Å². The van der Waals surface area contributed by atoms with Crippen molar-refractivity contribution in [3.05, 3.63) is 11.6 Å². The van der Waals surface area contributed by atoms with Crippen LogP contribution in [0.1, 0.15) is 26.7 Å². The Morgan fingerprint density at radius 3 is 2.33 bits per heavy atom. The Hall–Kier alpha value is -1.12. The molecule has 0 aromatic rings. The van der Waals surface area contributed by atoms with Gasteiger partial charge in [0.15, 0.2) is 0 Å². The number of hydrogen-bond donors (Lipinski definition) is 0. The molecule has 0 rings (SSSR count). The van der Waals surface area contributed by atoms with E-state index in [2.05, 4.69) is 4.74 Å². The average Bonchev–Trinajstić information content (AvgIpc) is 2.02. The topological polar surface area (TPSA) is 43.4 Å². The van der Waals surface area contributed by atoms with Crippen molar-refractivity contribution in [1.82, 2.24) is 0 Å². The van der Waals surface area contributed by atoms with Gasteiger partial charge in [-0.15, -0.1) is 0 Å². The number of Topliss-reactive ketones (excluding diaryl/α,β-unsaturated/α-hetero) is 1. The molecule has 12 heavy (non-hydrogen) atoms. The van der Waals surface area contributed by atoms with E-state index in [0.29, 0.717) is 18.4 Å². The van der Waals surface area contributed by atoms with E-state index in [4.69, 9.17) is 0 Å². The molecule has 3 heteroatoms. The van der Waals surface area contributed by atoms with Gasteiger partial charge < -0.3 is 9.53 Å². The summed E-state index contributed by atoms with van der Waals surface area (Å²) >= 11 is 0. The molecule has 0 aliphatic carbocycles. The first-order valence-electron chi connectivity index (χ1n) is 3.82. The molecule has 0 unspecified atom stereocenters. The number of hydrogen-bond acceptors (Lipinski definition) is 3. The highest BCUT2D eigenvalue weighted by atomic mass is 16.5. The van der Waals surface area contributed by atoms with Gasteiger partial charge in [0.05, 0.1) is 7.11 Å². The van der Waals surface area contributed by atoms with Crippen molar-refractivity contribution < 1.29 is 14.3 Å². The number of methoxy groups -OCH3 is 1. The van der Waals surface area contributed by atoms with Crippen molar-refractivity contribution in [1.29, 1.82) is 0 Å². The zero-order chi connectivity index (χ0) is 9.56. The molecule has 0 aromatic carbocycles. The summed E-state index contributed by atoms with van der Waals surface area (Å²) < 4.78 is 4.48. The van der Waals surface area contributed by atoms with Crippen LogP contribution in [0.25, 0.3) is 0 Å². The molecule has 0 heterocycles. The van der Waals surface area contributed by atoms with Crippen LogP contribution in [0, 0.1) is 0 Å². The summed E-state index contributed by atoms with van der Waals surface area (Å²) in [6.07, 6.45) is 2.80. The minimum absolute atomic E-state index is 0.129. The number of ether oxygens (including phenoxy) is 1. The van der Waals surface area contributed by atoms with Crippen molar-refractivity contribution >= 4 is 11.8 Å². The van der Waals surface area contributed by atoms with Crippen molar-refractivity contribution in [3.8, 4) is 0 Å². The number of allylic oxidation sites excluding steroid dienone is 1. The van der Waals surface area contributed by atoms with Gasteiger partial charge in [0.2, 0.25) is 0 Å². The number of carbonyl (C=O) groups excluding carboxylic acids is 2. The molecule has 0 fully saturated rings. The van der Waals surface area contributed by atoms with Crippen LogP contribution < -0.4 is 0 Å². The van der Waals surface area contributed by atoms with Crippen LogP contribution in [0.4, 0.5) is 0 Å². The first-order chi connectivity index (χ1) is 5.57. The highest BCUT2D eigenvalue weighted by Crippen LogP contribution is 2.00. The molecule has 0 N–H and O–H groups in total. The fourth-order valence-electron chi connectivity index (χ4n) is 0.736. The zero-order valence-corrected chi connectivity index (χ0v) is 7.72. The van der Waals surface area contributed by atoms with E-state index in [-0.39, 0.29) is 11.8 Å². The first-order valence-corrected chi connectivity index (χ1v) is 3.82. The van der Waals surface area contributed by atoms with E-state index >= 15 is 0 Å². The van der Waals surface area contributed by atoms with E-state index < -0.39 is 0 Å². The van der Waals surface area contributed by atoms with Crippen LogP contribution in [0.5, 0.6) is 0 Å². The molecule has 0 aliphatic heterocycles. The van der Waals surface area contributed by atoms with E-state index in [0.717, 1.165) is 0 Å². The van der Waals surface area contributed by atoms with Crippen molar-refractivity contribution in [3.63, 3.8) is 0 Å². The molecule has 0 aromatic heterocycles. The number of rotatable bonds is 4. The third-order valence-electron chi connectivity index (χ3n) is 1.45. The molecule has 0 atom stereocenters. The van der Waals surface area contributed by atoms with Crippen molar-refractivity contribution in [2.45, 2.75) is 26.7 Å². The van der Waals surface area contributed by atoms with Crippen LogP contribution in [0.2, 0.25) is 0 Å². The van der Waals surface area contributed by atoms with E-state index in [1.54, 1.807) is 13.0 Å². The second-order valence-electron chi connectivity index (χ2n) is 2.62. The lowest BCUT2D eigenvalue weighted by atomic mass is 10.2. The molecule has 0 amide bonds. The van der Waals surface area contributed by atoms with Gasteiger partial charge in [0, 0.05) is 12.0 Å². The summed E-state index contributed by atoms with van der Waals surface area (Å²) in [5.41, 5.74) is 0.554. The molecule has 0 saturated carbocycles. The normalized spacial score (nSPS) is 11.1. The number of esters is 1. The lowest BCUT2D eigenvalue weighted by Gasteiger charge is -1.97. The first kappa shape index (κ1) is 10.9. The lowest BCUT2D eigenvalue weighted by molar-refractivity contribution is -0.136. The predicted octanol–water partition coefficient (Wildman–Crippen LogP) is 1.47. The Morgan fingerprint density at radius 1 is 1.33 bits per heavy atom. The highest BCUT2D eigenvalue weighted by molar-refractivity contribution is 5.87. The Morgan fingerprint density at radius 2 is 1.92 bits per heavy atom. The van der Waals surface area contributed by atoms with Crippen LogP contribution in [0.15, 0.2) is 11.6 Å². The molecular formula is C9H14O3. The molecule has 0 bridgehead atoms. The summed E-state index contributed by atoms with van der Waals surface area (Å²) in [6.45, 7) is 3.20. The maximum atomic E-state index is 10.8. The van der Waals surface area contributed by atoms with Crippen LogP contribution in [-0.4, -0.2) is 18.9 Å². The fourth-order valence-corrected chi connectivity index (χ4v) is 0.736. The standard InChI is InChI=1S/C9H14O3/c1-7(9(11)12-3)5-4-6-8(2)10/h5H,4,6H2,1-3H3. The SMILES string of the molecule is COC(=O)C(C)=CCCC(C)=O. The van der Waals surface area contributed by atoms with Crippen LogP contribution in [0.3, 0.4) is 0 Å². The quantitative estimate of drug-likeness (QED) is 0.474. The highest BCUT2D eigenvalue weighted by Gasteiger charge is 2.01. The summed E-state index contributed by atoms with van der Waals surface area (Å²) in [5.74, 6) is -0.206. The van der Waals surface area contributed by atoms with Gasteiger partial charge in [-0.05, 0) is 20.3 Å². The van der Waals surface area contributed by atoms with Gasteiger partial charge >= 0.3 is 5.97 Å². The van der Waals surface area contributed by atoms with Gasteiger partial charge in [0.25, 0.3) is 0 Å². The minimum atomic E-state index is -0.335. The Balaban J connectivity index is 3.84. The monoisotopic (exact) mass is 170 g/mol. The third-order valence-corrected chi connectivity index (χ3v) is 1.45. The molecule has 0 saturated heterocycles. The Labute approximate surface area is 72.4 Å². The lowest BCUT2D eigenvalue weighted by Crippen LogP contribution is -2.01. The van der Waals surface area contributed by atoms with E-state index in [9.17, 15) is 9.59 Å². The van der Waals surface area contributed by atoms with E-state index in [1.165, 1.54) is 14.0 Å². The Kier molecular flexibility index (Phi) is 5.00. The van der Waals surface area contributed by atoms with Gasteiger partial charge in [-0.2, -0.15) is 0 Å². The third kappa shape index (κ3) is 4.66. The predicted molar refractivity (Wildman–Crippen MR) is 45.7 cm³/mol. The molecular weight excluding hydrogens is 156 g/mol. The zero-order valence-electron chi connectivity index (χ0n) is 7.72. The van der Waals surface area contributed by atoms with Gasteiger partial charge in [-0.1, -0.05) is 6.08 Å². The molecule has 68 valence electrons. The van der Waals surface area contributed by atoms with Crippen LogP contribution in [-0.2, 0) is 14.3 Å². The summed E-state index contributed by atoms with van der Waals surface area (Å²) in [6, 6.07) is 0. The van der Waals surface area contributed by atoms with Gasteiger partial charge in [-0.25, -0.2) is 4.79 Å². The molecule has 0 spiro atoms. The maximum absolute atomic E-state index is 10.8. The maximum Gasteiger partial charge on any atom is 0.333 e. The fraction of sp³-hybridized carbons (Fsp3) is 0.556. The molecule has 3 nitrogen and oxygen atoms in total. The van der Waals surface area contributed by atoms with Gasteiger partial charge in [0.1, 0.15) is 5.78 Å². The number of carbonyl (C=O) groups is 2. The van der Waals surface area contributed by atoms with E-state index in [1.807, 2.05) is 0 Å². The molecule has 0 aliphatic rings. The number of ketones is 1. The van der Waals surface area contributed by atoms with Crippen molar-refractivity contribution in [2.24, 2.45) is 0 Å². The van der Waals surface area contributed by atoms with Crippen LogP contribution >= 0.6 is 0 Å². The molecule has 0 radical (unpaired) electrons. The second-order valence-corrected chi connectivity index (χ2v) is 2.62. The largest absolute Gasteiger partial charge is 0.466 e. The minimum Gasteiger partial charge on any atom is -0.466 e. The average molecular weight is 170 g/mol. The second kappa shape index (κ2) is 5.52. The summed E-state index contributed by atoms with van der Waals surface area (Å²) in [7, 11) is 1.34.